The van der Waals surface area contributed by atoms with Crippen molar-refractivity contribution in [2.75, 3.05) is 0 Å². The molecular weight excluding hydrogens is 839 g/mol. The summed E-state index contributed by atoms with van der Waals surface area (Å²) < 4.78 is 12.9. The number of benzene rings is 8. The van der Waals surface area contributed by atoms with Gasteiger partial charge in [0.25, 0.3) is 0 Å². The number of hydrogen-bond acceptors (Lipinski definition) is 5. The minimum absolute atomic E-state index is 0.482. The second kappa shape index (κ2) is 14.7. The first kappa shape index (κ1) is 37.7. The van der Waals surface area contributed by atoms with Crippen LogP contribution >= 0.6 is 0 Å². The highest BCUT2D eigenvalue weighted by Crippen LogP contribution is 2.35. The molecule has 0 aliphatic heterocycles. The summed E-state index contributed by atoms with van der Waals surface area (Å²) in [6.45, 7) is 0. The van der Waals surface area contributed by atoms with E-state index in [2.05, 4.69) is 214 Å². The summed E-state index contributed by atoms with van der Waals surface area (Å²) in [6, 6.07) is 69.0. The monoisotopic (exact) mass is 877 g/mol. The maximum absolute atomic E-state index is 6.42. The molecule has 0 amide bonds. The van der Waals surface area contributed by atoms with Gasteiger partial charge in [-0.1, -0.05) is 164 Å². The number of fused-ring (bicyclic) bond motifs is 11. The van der Waals surface area contributed by atoms with E-state index < -0.39 is 8.07 Å². The normalized spacial score (nSPS) is 14.0. The second-order valence-electron chi connectivity index (χ2n) is 17.3. The van der Waals surface area contributed by atoms with Crippen LogP contribution in [0.25, 0.3) is 94.9 Å². The van der Waals surface area contributed by atoms with E-state index in [0.29, 0.717) is 17.7 Å². The highest BCUT2D eigenvalue weighted by Gasteiger charge is 2.43. The molecule has 0 spiro atoms. The van der Waals surface area contributed by atoms with Gasteiger partial charge in [0.2, 0.25) is 17.7 Å². The molecule has 5 heterocycles. The summed E-state index contributed by atoms with van der Waals surface area (Å²) in [4.78, 5) is 21.6. The lowest BCUT2D eigenvalue weighted by molar-refractivity contribution is 0.669. The molecule has 5 aromatic heterocycles. The summed E-state index contributed by atoms with van der Waals surface area (Å²) in [5.74, 6) is 2.30. The molecule has 14 rings (SSSR count). The molecule has 0 N–H and O–H groups in total. The van der Waals surface area contributed by atoms with E-state index in [-0.39, 0.29) is 0 Å². The van der Waals surface area contributed by atoms with Crippen molar-refractivity contribution in [1.29, 1.82) is 0 Å². The van der Waals surface area contributed by atoms with Crippen LogP contribution in [0.5, 0.6) is 0 Å². The van der Waals surface area contributed by atoms with E-state index in [4.69, 9.17) is 24.4 Å². The third-order valence-electron chi connectivity index (χ3n) is 13.7. The van der Waals surface area contributed by atoms with E-state index in [9.17, 15) is 0 Å². The van der Waals surface area contributed by atoms with Gasteiger partial charge in [0.1, 0.15) is 11.2 Å². The second-order valence-corrected chi connectivity index (χ2v) is 21.1. The lowest BCUT2D eigenvalue weighted by Crippen LogP contribution is -2.68. The lowest BCUT2D eigenvalue weighted by atomic mass is 10.1. The molecule has 0 bridgehead atoms. The molecule has 1 aliphatic rings. The summed E-state index contributed by atoms with van der Waals surface area (Å²) >= 11 is 0. The maximum Gasteiger partial charge on any atom is 0.242 e. The molecule has 1 unspecified atom stereocenters. The summed E-state index contributed by atoms with van der Waals surface area (Å²) in [5.41, 5.74) is 8.59. The number of aromatic nitrogens is 7. The minimum Gasteiger partial charge on any atom is -0.456 e. The quantitative estimate of drug-likeness (QED) is 0.118. The molecule has 13 aromatic rings. The van der Waals surface area contributed by atoms with Gasteiger partial charge >= 0.3 is 0 Å². The van der Waals surface area contributed by atoms with Crippen molar-refractivity contribution in [3.63, 3.8) is 0 Å². The zero-order valence-electron chi connectivity index (χ0n) is 36.2. The zero-order chi connectivity index (χ0) is 44.1. The van der Waals surface area contributed by atoms with Gasteiger partial charge < -0.3 is 4.42 Å². The predicted octanol–water partition coefficient (Wildman–Crippen LogP) is 11.6. The molecule has 67 heavy (non-hydrogen) atoms. The first-order chi connectivity index (χ1) is 33.2. The molecule has 8 aromatic carbocycles. The predicted molar refractivity (Wildman–Crippen MR) is 274 cm³/mol. The number of rotatable bonds is 7. The first-order valence-electron chi connectivity index (χ1n) is 22.8. The number of allylic oxidation sites excluding steroid dienone is 4. The van der Waals surface area contributed by atoms with Crippen LogP contribution in [0.15, 0.2) is 222 Å². The Morgan fingerprint density at radius 2 is 1.06 bits per heavy atom. The van der Waals surface area contributed by atoms with Crippen LogP contribution < -0.4 is 15.6 Å². The van der Waals surface area contributed by atoms with Crippen molar-refractivity contribution >= 4 is 95.2 Å². The Morgan fingerprint density at radius 1 is 0.433 bits per heavy atom. The molecule has 8 nitrogen and oxygen atoms in total. The highest BCUT2D eigenvalue weighted by molar-refractivity contribution is 7.16. The van der Waals surface area contributed by atoms with Gasteiger partial charge in [-0.3, -0.25) is 8.97 Å². The van der Waals surface area contributed by atoms with Gasteiger partial charge in [-0.05, 0) is 82.1 Å². The molecule has 0 saturated carbocycles. The maximum atomic E-state index is 6.42. The Kier molecular flexibility index (Phi) is 8.26. The lowest BCUT2D eigenvalue weighted by Gasteiger charge is -2.36. The Bertz CT molecular complexity index is 4140. The Morgan fingerprint density at radius 3 is 1.84 bits per heavy atom. The van der Waals surface area contributed by atoms with E-state index in [1.165, 1.54) is 20.8 Å². The molecule has 0 fully saturated rings. The van der Waals surface area contributed by atoms with Gasteiger partial charge in [-0.15, -0.1) is 0 Å². The summed E-state index contributed by atoms with van der Waals surface area (Å²) in [7, 11) is -3.02. The standard InChI is InChI=1S/C58H39N7OSi/c1-3-19-39(20-4-1)67(40-21-5-2-6-22-40,42-34-35-54-46(37-42)45-26-9-16-33-53(45)66-54)41-23-17-18-38(36-41)55-60-56(63-48-28-11-7-24-43(48)44-25-8-12-29-49(44)63)62-57(61-55)65-52-32-15-14-31-51(52)64-50-30-13-10-27-47(50)59-58(64)65/h1,3-5,7-37H,2,6H2. The molecule has 1 atom stereocenters. The number of imidazole rings is 2. The van der Waals surface area contributed by atoms with Crippen molar-refractivity contribution < 1.29 is 4.42 Å². The number of furan rings is 1. The van der Waals surface area contributed by atoms with Gasteiger partial charge in [-0.2, -0.15) is 15.0 Å². The third kappa shape index (κ3) is 5.58. The van der Waals surface area contributed by atoms with E-state index >= 15 is 0 Å². The molecule has 0 radical (unpaired) electrons. The average Bonchev–Trinajstić information content (AvgIpc) is 4.14. The van der Waals surface area contributed by atoms with Crippen LogP contribution in [0.2, 0.25) is 0 Å². The fourth-order valence-corrected chi connectivity index (χ4v) is 15.7. The summed E-state index contributed by atoms with van der Waals surface area (Å²) in [6.07, 6.45) is 9.19. The van der Waals surface area contributed by atoms with Crippen LogP contribution in [-0.4, -0.2) is 41.5 Å². The summed E-state index contributed by atoms with van der Waals surface area (Å²) in [5, 5.41) is 9.66. The SMILES string of the molecule is C1=CC([Si](c2ccccc2)(c2cccc(-c3nc(-n4c5ccccc5c5ccccc54)nc(-n4c5ccccc5n5c6ccccc6nc45)n3)c2)c2ccc3oc4ccccc4c3c2)=CCC1. The minimum atomic E-state index is -3.02. The molecule has 1 aliphatic carbocycles. The van der Waals surface area contributed by atoms with Crippen LogP contribution in [0, 0.1) is 0 Å². The van der Waals surface area contributed by atoms with Gasteiger partial charge in [0, 0.05) is 27.1 Å². The topological polar surface area (TPSA) is 79.0 Å². The molecule has 0 saturated heterocycles. The van der Waals surface area contributed by atoms with Crippen molar-refractivity contribution in [1.82, 2.24) is 33.5 Å². The Balaban J connectivity index is 1.07. The van der Waals surface area contributed by atoms with Crippen LogP contribution in [0.3, 0.4) is 0 Å². The Hall–Kier alpha value is -8.66. The van der Waals surface area contributed by atoms with Gasteiger partial charge in [-0.25, -0.2) is 9.55 Å². The van der Waals surface area contributed by atoms with Gasteiger partial charge in [0.05, 0.1) is 33.1 Å². The largest absolute Gasteiger partial charge is 0.456 e. The fourth-order valence-electron chi connectivity index (χ4n) is 10.8. The smallest absolute Gasteiger partial charge is 0.242 e. The average molecular weight is 878 g/mol. The van der Waals surface area contributed by atoms with E-state index in [1.54, 1.807) is 0 Å². The zero-order valence-corrected chi connectivity index (χ0v) is 37.2. The van der Waals surface area contributed by atoms with E-state index in [1.807, 2.05) is 12.1 Å². The fraction of sp³-hybridized carbons (Fsp3) is 0.0345. The van der Waals surface area contributed by atoms with Gasteiger partial charge in [0.15, 0.2) is 13.9 Å². The Labute approximate surface area is 385 Å². The number of hydrogen-bond donors (Lipinski definition) is 0. The van der Waals surface area contributed by atoms with Crippen molar-refractivity contribution in [2.45, 2.75) is 12.8 Å². The molecule has 316 valence electrons. The van der Waals surface area contributed by atoms with Crippen molar-refractivity contribution in [3.8, 4) is 23.3 Å². The van der Waals surface area contributed by atoms with Crippen LogP contribution in [-0.2, 0) is 0 Å². The van der Waals surface area contributed by atoms with Crippen molar-refractivity contribution in [3.05, 3.63) is 218 Å². The van der Waals surface area contributed by atoms with Crippen molar-refractivity contribution in [2.24, 2.45) is 0 Å². The number of nitrogens with zero attached hydrogens (tertiary/aromatic N) is 7. The third-order valence-corrected chi connectivity index (χ3v) is 18.5. The van der Waals surface area contributed by atoms with Crippen LogP contribution in [0.1, 0.15) is 12.8 Å². The highest BCUT2D eigenvalue weighted by atomic mass is 28.3. The first-order valence-corrected chi connectivity index (χ1v) is 24.8. The number of para-hydroxylation sites is 7. The van der Waals surface area contributed by atoms with Crippen LogP contribution in [0.4, 0.5) is 0 Å². The molecule has 9 heteroatoms. The van der Waals surface area contributed by atoms with E-state index in [0.717, 1.165) is 90.0 Å². The molecular formula is C58H39N7OSi.